The molecule has 2 fully saturated rings. The summed E-state index contributed by atoms with van der Waals surface area (Å²) in [6, 6.07) is 11.5. The largest absolute Gasteiger partial charge is 0.503 e. The molecule has 7 heteroatoms. The SMILES string of the molecule is CCOc1cc(/C=C2/SC(=Nc3ccc(C)cc3)N(C3CCCCC3)C2=O)cc(Cl)c1O. The van der Waals surface area contributed by atoms with Crippen molar-refractivity contribution in [2.45, 2.75) is 52.0 Å². The lowest BCUT2D eigenvalue weighted by Crippen LogP contribution is -2.40. The Balaban J connectivity index is 1.71. The van der Waals surface area contributed by atoms with Gasteiger partial charge in [0.2, 0.25) is 0 Å². The van der Waals surface area contributed by atoms with Gasteiger partial charge >= 0.3 is 0 Å². The Morgan fingerprint density at radius 3 is 2.62 bits per heavy atom. The third-order valence-corrected chi connectivity index (χ3v) is 6.95. The zero-order valence-corrected chi connectivity index (χ0v) is 19.9. The van der Waals surface area contributed by atoms with E-state index in [2.05, 4.69) is 0 Å². The molecule has 1 N–H and O–H groups in total. The number of hydrogen-bond donors (Lipinski definition) is 1. The number of halogens is 1. The maximum absolute atomic E-state index is 13.5. The first kappa shape index (κ1) is 22.7. The number of amides is 1. The standard InChI is InChI=1S/C25H27ClN2O3S/c1-3-31-21-14-17(13-20(26)23(21)29)15-22-24(30)28(19-7-5-4-6-8-19)25(32-22)27-18-11-9-16(2)10-12-18/h9-15,19,29H,3-8H2,1-2H3/b22-15+,27-25?. The second-order valence-corrected chi connectivity index (χ2v) is 9.51. The van der Waals surface area contributed by atoms with E-state index in [0.717, 1.165) is 31.4 Å². The van der Waals surface area contributed by atoms with E-state index in [1.54, 1.807) is 18.2 Å². The molecule has 1 heterocycles. The zero-order valence-electron chi connectivity index (χ0n) is 18.3. The van der Waals surface area contributed by atoms with Gasteiger partial charge in [-0.25, -0.2) is 4.99 Å². The van der Waals surface area contributed by atoms with Crippen LogP contribution in [0.25, 0.3) is 6.08 Å². The molecule has 2 aromatic rings. The monoisotopic (exact) mass is 470 g/mol. The summed E-state index contributed by atoms with van der Waals surface area (Å²) in [4.78, 5) is 20.8. The van der Waals surface area contributed by atoms with Crippen molar-refractivity contribution in [1.82, 2.24) is 4.90 Å². The van der Waals surface area contributed by atoms with Gasteiger partial charge in [0.25, 0.3) is 5.91 Å². The Hall–Kier alpha value is -2.44. The van der Waals surface area contributed by atoms with Crippen LogP contribution in [0.2, 0.25) is 5.02 Å². The van der Waals surface area contributed by atoms with E-state index in [4.69, 9.17) is 21.3 Å². The number of carbonyl (C=O) groups is 1. The Morgan fingerprint density at radius 2 is 1.94 bits per heavy atom. The smallest absolute Gasteiger partial charge is 0.267 e. The topological polar surface area (TPSA) is 62.1 Å². The molecular formula is C25H27ClN2O3S. The van der Waals surface area contributed by atoms with Crippen LogP contribution in [0.1, 0.15) is 50.2 Å². The van der Waals surface area contributed by atoms with Crippen LogP contribution in [-0.2, 0) is 4.79 Å². The number of hydrogen-bond acceptors (Lipinski definition) is 5. The lowest BCUT2D eigenvalue weighted by atomic mass is 9.94. The fourth-order valence-corrected chi connectivity index (χ4v) is 5.33. The number of aromatic hydroxyl groups is 1. The average molecular weight is 471 g/mol. The van der Waals surface area contributed by atoms with Crippen molar-refractivity contribution >= 4 is 46.2 Å². The fourth-order valence-electron chi connectivity index (χ4n) is 4.05. The van der Waals surface area contributed by atoms with E-state index in [1.165, 1.54) is 23.7 Å². The van der Waals surface area contributed by atoms with Gasteiger partial charge in [-0.3, -0.25) is 9.69 Å². The van der Waals surface area contributed by atoms with Crippen molar-refractivity contribution in [3.05, 3.63) is 57.5 Å². The Labute approximate surface area is 198 Å². The summed E-state index contributed by atoms with van der Waals surface area (Å²) < 4.78 is 5.49. The number of thioether (sulfide) groups is 1. The van der Waals surface area contributed by atoms with Gasteiger partial charge in [0.05, 0.1) is 22.2 Å². The third-order valence-electron chi connectivity index (χ3n) is 5.68. The van der Waals surface area contributed by atoms with E-state index >= 15 is 0 Å². The summed E-state index contributed by atoms with van der Waals surface area (Å²) in [6.45, 7) is 4.28. The van der Waals surface area contributed by atoms with Crippen molar-refractivity contribution in [2.24, 2.45) is 4.99 Å². The van der Waals surface area contributed by atoms with Gasteiger partial charge in [0.1, 0.15) is 0 Å². The minimum absolute atomic E-state index is 0.0325. The number of benzene rings is 2. The number of phenolic OH excluding ortho intramolecular Hbond substituents is 1. The molecule has 5 nitrogen and oxygen atoms in total. The molecule has 0 spiro atoms. The van der Waals surface area contributed by atoms with Crippen LogP contribution < -0.4 is 4.74 Å². The van der Waals surface area contributed by atoms with Crippen LogP contribution in [0.4, 0.5) is 5.69 Å². The Bertz CT molecular complexity index is 1060. The number of aliphatic imine (C=N–C) groups is 1. The van der Waals surface area contributed by atoms with Crippen LogP contribution in [0.5, 0.6) is 11.5 Å². The second kappa shape index (κ2) is 10.0. The molecule has 0 aromatic heterocycles. The van der Waals surface area contributed by atoms with Gasteiger partial charge < -0.3 is 9.84 Å². The number of phenols is 1. The maximum atomic E-state index is 13.5. The van der Waals surface area contributed by atoms with Crippen molar-refractivity contribution in [2.75, 3.05) is 6.61 Å². The molecule has 1 aliphatic carbocycles. The first-order valence-corrected chi connectivity index (χ1v) is 12.2. The van der Waals surface area contributed by atoms with E-state index in [9.17, 15) is 9.90 Å². The molecule has 0 bridgehead atoms. The molecule has 168 valence electrons. The van der Waals surface area contributed by atoms with E-state index in [0.29, 0.717) is 28.0 Å². The number of amidine groups is 1. The van der Waals surface area contributed by atoms with Gasteiger partial charge in [0.15, 0.2) is 16.7 Å². The van der Waals surface area contributed by atoms with Crippen LogP contribution >= 0.6 is 23.4 Å². The molecule has 1 aliphatic heterocycles. The van der Waals surface area contributed by atoms with Gasteiger partial charge in [-0.15, -0.1) is 0 Å². The average Bonchev–Trinajstić information content (AvgIpc) is 3.08. The van der Waals surface area contributed by atoms with Crippen LogP contribution in [0.3, 0.4) is 0 Å². The molecule has 2 aromatic carbocycles. The molecule has 1 amide bonds. The van der Waals surface area contributed by atoms with E-state index in [-0.39, 0.29) is 22.7 Å². The maximum Gasteiger partial charge on any atom is 0.267 e. The number of carbonyl (C=O) groups excluding carboxylic acids is 1. The normalized spacial score (nSPS) is 19.8. The summed E-state index contributed by atoms with van der Waals surface area (Å²) in [5, 5.41) is 11.0. The molecule has 0 atom stereocenters. The Morgan fingerprint density at radius 1 is 1.22 bits per heavy atom. The van der Waals surface area contributed by atoms with Gasteiger partial charge in [-0.2, -0.15) is 0 Å². The predicted molar refractivity (Wildman–Crippen MR) is 132 cm³/mol. The van der Waals surface area contributed by atoms with Gasteiger partial charge in [-0.1, -0.05) is 48.6 Å². The Kier molecular flexibility index (Phi) is 7.11. The van der Waals surface area contributed by atoms with Crippen molar-refractivity contribution in [1.29, 1.82) is 0 Å². The highest BCUT2D eigenvalue weighted by Crippen LogP contribution is 2.40. The quantitative estimate of drug-likeness (QED) is 0.494. The van der Waals surface area contributed by atoms with Gasteiger partial charge in [0, 0.05) is 6.04 Å². The third kappa shape index (κ3) is 4.97. The van der Waals surface area contributed by atoms with Crippen molar-refractivity contribution in [3.8, 4) is 11.5 Å². The molecule has 0 radical (unpaired) electrons. The lowest BCUT2D eigenvalue weighted by Gasteiger charge is -2.30. The first-order valence-electron chi connectivity index (χ1n) is 11.0. The number of rotatable bonds is 5. The molecular weight excluding hydrogens is 444 g/mol. The first-order chi connectivity index (χ1) is 15.5. The highest BCUT2D eigenvalue weighted by Gasteiger charge is 2.38. The molecule has 1 saturated heterocycles. The minimum atomic E-state index is -0.0912. The molecule has 2 aliphatic rings. The lowest BCUT2D eigenvalue weighted by molar-refractivity contribution is -0.124. The molecule has 0 unspecified atom stereocenters. The van der Waals surface area contributed by atoms with Crippen LogP contribution in [0, 0.1) is 6.92 Å². The highest BCUT2D eigenvalue weighted by molar-refractivity contribution is 8.18. The minimum Gasteiger partial charge on any atom is -0.503 e. The summed E-state index contributed by atoms with van der Waals surface area (Å²) in [5.41, 5.74) is 2.70. The van der Waals surface area contributed by atoms with Gasteiger partial charge in [-0.05, 0) is 74.4 Å². The van der Waals surface area contributed by atoms with Crippen molar-refractivity contribution in [3.63, 3.8) is 0 Å². The predicted octanol–water partition coefficient (Wildman–Crippen LogP) is 6.69. The summed E-state index contributed by atoms with van der Waals surface area (Å²) >= 11 is 7.58. The number of aryl methyl sites for hydroxylation is 1. The summed E-state index contributed by atoms with van der Waals surface area (Å²) in [6.07, 6.45) is 7.25. The highest BCUT2D eigenvalue weighted by atomic mass is 35.5. The van der Waals surface area contributed by atoms with E-state index < -0.39 is 0 Å². The number of nitrogens with zero attached hydrogens (tertiary/aromatic N) is 2. The summed E-state index contributed by atoms with van der Waals surface area (Å²) in [7, 11) is 0. The van der Waals surface area contributed by atoms with Crippen LogP contribution in [-0.4, -0.2) is 33.7 Å². The van der Waals surface area contributed by atoms with E-state index in [1.807, 2.05) is 43.0 Å². The van der Waals surface area contributed by atoms with Crippen LogP contribution in [0.15, 0.2) is 46.3 Å². The van der Waals surface area contributed by atoms with Crippen molar-refractivity contribution < 1.29 is 14.6 Å². The molecule has 1 saturated carbocycles. The number of ether oxygens (including phenoxy) is 1. The fraction of sp³-hybridized carbons (Fsp3) is 0.360. The zero-order chi connectivity index (χ0) is 22.7. The second-order valence-electron chi connectivity index (χ2n) is 8.09. The molecule has 32 heavy (non-hydrogen) atoms. The summed E-state index contributed by atoms with van der Waals surface area (Å²) in [5.74, 6) is 0.182. The molecule has 4 rings (SSSR count).